The monoisotopic (exact) mass is 827 g/mol. The molecule has 20 atom stereocenters. The van der Waals surface area contributed by atoms with Crippen LogP contribution >= 0.6 is 0 Å². The van der Waals surface area contributed by atoms with E-state index in [4.69, 9.17) is 37.9 Å². The second-order valence-electron chi connectivity index (χ2n) is 14.1. The molecule has 23 heteroatoms. The van der Waals surface area contributed by atoms with Gasteiger partial charge in [-0.1, -0.05) is 24.3 Å². The van der Waals surface area contributed by atoms with Gasteiger partial charge in [0.2, 0.25) is 5.91 Å². The highest BCUT2D eigenvalue weighted by atomic mass is 16.8. The number of amides is 1. The molecule has 23 nitrogen and oxygen atoms in total. The van der Waals surface area contributed by atoms with Crippen LogP contribution in [-0.2, 0) is 55.9 Å². The molecule has 0 unspecified atom stereocenters. The minimum Gasteiger partial charge on any atom is -0.394 e. The molecular weight excluding hydrogens is 774 g/mol. The highest BCUT2D eigenvalue weighted by molar-refractivity contribution is 5.73. The van der Waals surface area contributed by atoms with Crippen LogP contribution in [0.5, 0.6) is 0 Å². The van der Waals surface area contributed by atoms with Crippen LogP contribution in [0.3, 0.4) is 0 Å². The van der Waals surface area contributed by atoms with Crippen LogP contribution < -0.4 is 5.32 Å². The van der Waals surface area contributed by atoms with Gasteiger partial charge in [0.1, 0.15) is 97.6 Å². The third-order valence-corrected chi connectivity index (χ3v) is 10.2. The van der Waals surface area contributed by atoms with Crippen molar-refractivity contribution < 1.29 is 109 Å². The first kappa shape index (κ1) is 45.9. The van der Waals surface area contributed by atoms with Crippen LogP contribution in [0, 0.1) is 0 Å². The Labute approximate surface area is 325 Å². The fourth-order valence-corrected chi connectivity index (χ4v) is 6.99. The van der Waals surface area contributed by atoms with E-state index in [1.165, 1.54) is 0 Å². The largest absolute Gasteiger partial charge is 0.394 e. The van der Waals surface area contributed by atoms with Gasteiger partial charge < -0.3 is 110 Å². The summed E-state index contributed by atoms with van der Waals surface area (Å²) in [5.41, 5.74) is 1.28. The van der Waals surface area contributed by atoms with E-state index in [0.29, 0.717) is 11.1 Å². The first-order valence-corrected chi connectivity index (χ1v) is 18.2. The zero-order chi connectivity index (χ0) is 41.7. The van der Waals surface area contributed by atoms with Crippen molar-refractivity contribution in [2.24, 2.45) is 0 Å². The van der Waals surface area contributed by atoms with Crippen molar-refractivity contribution in [3.05, 3.63) is 35.4 Å². The first-order chi connectivity index (χ1) is 27.2. The normalized spacial score (nSPS) is 44.1. The summed E-state index contributed by atoms with van der Waals surface area (Å²) in [6, 6.07) is 5.01. The number of hydrogen-bond acceptors (Lipinski definition) is 22. The molecule has 0 radical (unpaired) electrons. The highest BCUT2D eigenvalue weighted by Crippen LogP contribution is 2.34. The molecule has 1 aromatic rings. The molecule has 1 aromatic carbocycles. The van der Waals surface area contributed by atoms with Crippen molar-refractivity contribution in [1.82, 2.24) is 5.32 Å². The molecule has 0 aromatic heterocycles. The molecule has 0 bridgehead atoms. The lowest BCUT2D eigenvalue weighted by Gasteiger charge is -2.50. The summed E-state index contributed by atoms with van der Waals surface area (Å²) in [6.07, 6.45) is -32.9. The number of ether oxygens (including phenoxy) is 8. The Balaban J connectivity index is 1.30. The van der Waals surface area contributed by atoms with Crippen LogP contribution in [0.2, 0.25) is 0 Å². The number of nitrogens with one attached hydrogen (secondary N) is 1. The molecular formula is C34H53NO22. The zero-order valence-corrected chi connectivity index (χ0v) is 30.6. The third-order valence-electron chi connectivity index (χ3n) is 10.2. The Hall–Kier alpha value is -2.15. The smallest absolute Gasteiger partial charge is 0.217 e. The zero-order valence-electron chi connectivity index (χ0n) is 30.6. The van der Waals surface area contributed by atoms with Gasteiger partial charge in [0.05, 0.1) is 39.6 Å². The van der Waals surface area contributed by atoms with E-state index in [-0.39, 0.29) is 13.2 Å². The van der Waals surface area contributed by atoms with Crippen molar-refractivity contribution in [1.29, 1.82) is 0 Å². The maximum Gasteiger partial charge on any atom is 0.217 e. The molecule has 326 valence electrons. The van der Waals surface area contributed by atoms with Crippen LogP contribution in [0.1, 0.15) is 18.1 Å². The third kappa shape index (κ3) is 10.2. The van der Waals surface area contributed by atoms with Gasteiger partial charge in [-0.25, -0.2) is 0 Å². The van der Waals surface area contributed by atoms with E-state index in [1.54, 1.807) is 24.3 Å². The van der Waals surface area contributed by atoms with Crippen LogP contribution in [0.25, 0.3) is 0 Å². The Morgan fingerprint density at radius 2 is 0.982 bits per heavy atom. The average molecular weight is 828 g/mol. The van der Waals surface area contributed by atoms with Gasteiger partial charge in [-0.3, -0.25) is 4.79 Å². The summed E-state index contributed by atoms with van der Waals surface area (Å²) in [5, 5.41) is 138. The van der Waals surface area contributed by atoms with Crippen molar-refractivity contribution in [3.8, 4) is 0 Å². The first-order valence-electron chi connectivity index (χ1n) is 18.2. The Morgan fingerprint density at radius 1 is 0.526 bits per heavy atom. The summed E-state index contributed by atoms with van der Waals surface area (Å²) in [5.74, 6) is -0.755. The average Bonchev–Trinajstić information content (AvgIpc) is 3.20. The van der Waals surface area contributed by atoms with Gasteiger partial charge in [-0.2, -0.15) is 0 Å². The highest BCUT2D eigenvalue weighted by Gasteiger charge is 2.55. The van der Waals surface area contributed by atoms with Gasteiger partial charge in [-0.15, -0.1) is 0 Å². The molecule has 57 heavy (non-hydrogen) atoms. The quantitative estimate of drug-likeness (QED) is 0.0781. The minimum atomic E-state index is -2.03. The maximum atomic E-state index is 12.3. The number of aliphatic hydroxyl groups is 13. The molecule has 4 aliphatic heterocycles. The number of hydrogen-bond donors (Lipinski definition) is 14. The van der Waals surface area contributed by atoms with E-state index >= 15 is 0 Å². The lowest BCUT2D eigenvalue weighted by atomic mass is 9.94. The Kier molecular flexibility index (Phi) is 16.4. The maximum absolute atomic E-state index is 12.3. The van der Waals surface area contributed by atoms with E-state index < -0.39 is 155 Å². The molecule has 0 spiro atoms. The number of carbonyl (C=O) groups is 1. The summed E-state index contributed by atoms with van der Waals surface area (Å²) in [4.78, 5) is 12.3. The van der Waals surface area contributed by atoms with Crippen molar-refractivity contribution in [3.63, 3.8) is 0 Å². The molecule has 0 saturated carbocycles. The lowest BCUT2D eigenvalue weighted by Crippen LogP contribution is -2.69. The molecule has 5 rings (SSSR count). The second-order valence-corrected chi connectivity index (χ2v) is 14.1. The lowest BCUT2D eigenvalue weighted by molar-refractivity contribution is -0.381. The van der Waals surface area contributed by atoms with Gasteiger partial charge in [-0.05, 0) is 11.1 Å². The van der Waals surface area contributed by atoms with Gasteiger partial charge in [0.15, 0.2) is 25.2 Å². The van der Waals surface area contributed by atoms with Gasteiger partial charge in [0, 0.05) is 6.92 Å². The van der Waals surface area contributed by atoms with Crippen LogP contribution in [-0.4, -0.2) is 221 Å². The summed E-state index contributed by atoms with van der Waals surface area (Å²) in [6.45, 7) is -2.62. The van der Waals surface area contributed by atoms with Crippen molar-refractivity contribution in [2.75, 3.05) is 26.4 Å². The summed E-state index contributed by atoms with van der Waals surface area (Å²) in [7, 11) is 0. The molecule has 4 heterocycles. The minimum absolute atomic E-state index is 0.0987. The summed E-state index contributed by atoms with van der Waals surface area (Å²) >= 11 is 0. The van der Waals surface area contributed by atoms with Crippen LogP contribution in [0.4, 0.5) is 0 Å². The fraction of sp³-hybridized carbons (Fsp3) is 0.794. The predicted octanol–water partition coefficient (Wildman–Crippen LogP) is -7.89. The molecule has 0 aliphatic carbocycles. The summed E-state index contributed by atoms with van der Waals surface area (Å²) < 4.78 is 45.4. The fourth-order valence-electron chi connectivity index (χ4n) is 6.99. The SMILES string of the molecule is CC(=O)N[C@H]1[C@H](O[C@H]2[C@@H](O)[C@@H](CO)O[C@@H](O[C@H]3[C@H](O)[C@@H](O)[C@H](OCc4ccc(CO)cc4)O[C@@H]3CO)[C@@H]2O)O[C@H](CO)[C@@H](O[C@@H]2O[C@H](CO)[C@H](O)[C@H](O)[C@H]2O)[C@@H]1O. The van der Waals surface area contributed by atoms with E-state index in [2.05, 4.69) is 5.32 Å². The topological polar surface area (TPSA) is 366 Å². The van der Waals surface area contributed by atoms with E-state index in [0.717, 1.165) is 6.92 Å². The van der Waals surface area contributed by atoms with E-state index in [9.17, 15) is 71.2 Å². The predicted molar refractivity (Wildman–Crippen MR) is 180 cm³/mol. The van der Waals surface area contributed by atoms with Crippen molar-refractivity contribution >= 4 is 5.91 Å². The van der Waals surface area contributed by atoms with Gasteiger partial charge in [0.25, 0.3) is 0 Å². The molecule has 1 amide bonds. The number of aliphatic hydroxyl groups excluding tert-OH is 13. The molecule has 4 fully saturated rings. The molecule has 14 N–H and O–H groups in total. The van der Waals surface area contributed by atoms with E-state index in [1.807, 2.05) is 0 Å². The standard InChI is InChI=1S/C34H53NO22/c1-12(41)35-19-22(44)28(55-33-25(47)23(45)20(42)15(7-37)51-33)17(9-39)53-31(19)57-30-21(43)16(8-38)52-34(27(30)49)56-29-18(10-40)54-32(26(48)24(29)46)50-11-14-4-2-13(6-36)3-5-14/h2-5,15-34,36-40,42-49H,6-11H2,1H3,(H,35,41)/t15-,16-,17-,18-,19-,20+,21+,22-,23+,24-,25-,26-,27-,28-,29-,30+,31+,32-,33+,34+/m1/s1. The Bertz CT molecular complexity index is 1390. The number of rotatable bonds is 15. The number of benzene rings is 1. The Morgan fingerprint density at radius 3 is 1.53 bits per heavy atom. The second kappa shape index (κ2) is 20.4. The molecule has 4 saturated heterocycles. The van der Waals surface area contributed by atoms with Gasteiger partial charge >= 0.3 is 0 Å². The number of carbonyl (C=O) groups excluding carboxylic acids is 1. The molecule has 4 aliphatic rings. The van der Waals surface area contributed by atoms with Crippen LogP contribution in [0.15, 0.2) is 24.3 Å². The van der Waals surface area contributed by atoms with Crippen molar-refractivity contribution in [2.45, 2.75) is 143 Å².